The number of nitrogens with zero attached hydrogens (tertiary/aromatic N) is 2. The van der Waals surface area contributed by atoms with Gasteiger partial charge in [0, 0.05) is 13.1 Å². The van der Waals surface area contributed by atoms with E-state index in [-0.39, 0.29) is 15.6 Å². The van der Waals surface area contributed by atoms with Crippen molar-refractivity contribution in [2.75, 3.05) is 31.0 Å². The molecule has 3 aromatic rings. The minimum atomic E-state index is -4.04. The van der Waals surface area contributed by atoms with Gasteiger partial charge in [0.1, 0.15) is 12.3 Å². The average molecular weight is 556 g/mol. The molecule has 0 spiro atoms. The highest BCUT2D eigenvalue weighted by Crippen LogP contribution is 2.32. The highest BCUT2D eigenvalue weighted by atomic mass is 35.5. The standard InChI is InChI=1S/C29H34ClN3O4S/c1-22-9-12-26(13-10-22)38(35,36)33(25-11-14-28(37-2)27(30)18-25)21-29(34)31-19-23-7-6-8-24(17-23)20-32-15-4-3-5-16-32/h6-14,17-18H,3-5,15-16,19-21H2,1-2H3,(H,31,34). The number of sulfonamides is 1. The smallest absolute Gasteiger partial charge is 0.264 e. The molecule has 0 unspecified atom stereocenters. The van der Waals surface area contributed by atoms with E-state index < -0.39 is 22.5 Å². The highest BCUT2D eigenvalue weighted by Gasteiger charge is 2.28. The predicted molar refractivity (Wildman–Crippen MR) is 151 cm³/mol. The molecule has 3 aromatic carbocycles. The molecule has 1 heterocycles. The number of carbonyl (C=O) groups excluding carboxylic acids is 1. The van der Waals surface area contributed by atoms with Gasteiger partial charge in [0.25, 0.3) is 10.0 Å². The monoisotopic (exact) mass is 555 g/mol. The molecule has 0 aliphatic carbocycles. The molecule has 0 aromatic heterocycles. The van der Waals surface area contributed by atoms with Gasteiger partial charge in [-0.3, -0.25) is 14.0 Å². The first-order valence-electron chi connectivity index (χ1n) is 12.8. The van der Waals surface area contributed by atoms with E-state index in [0.29, 0.717) is 12.3 Å². The summed E-state index contributed by atoms with van der Waals surface area (Å²) in [5.74, 6) is -0.00829. The molecule has 9 heteroatoms. The fourth-order valence-electron chi connectivity index (χ4n) is 4.56. The number of anilines is 1. The Bertz CT molecular complexity index is 1360. The highest BCUT2D eigenvalue weighted by molar-refractivity contribution is 7.92. The van der Waals surface area contributed by atoms with Crippen LogP contribution in [0.5, 0.6) is 5.75 Å². The van der Waals surface area contributed by atoms with Gasteiger partial charge in [0.15, 0.2) is 0 Å². The summed E-state index contributed by atoms with van der Waals surface area (Å²) in [6, 6.07) is 19.3. The van der Waals surface area contributed by atoms with Gasteiger partial charge in [0.05, 0.1) is 22.7 Å². The second-order valence-electron chi connectivity index (χ2n) is 9.58. The van der Waals surface area contributed by atoms with Crippen LogP contribution in [0, 0.1) is 6.92 Å². The Balaban J connectivity index is 1.50. The summed E-state index contributed by atoms with van der Waals surface area (Å²) in [6.07, 6.45) is 3.76. The molecular formula is C29H34ClN3O4S. The van der Waals surface area contributed by atoms with Crippen molar-refractivity contribution >= 4 is 33.2 Å². The molecule has 202 valence electrons. The van der Waals surface area contributed by atoms with Crippen LogP contribution in [0.4, 0.5) is 5.69 Å². The van der Waals surface area contributed by atoms with Crippen molar-refractivity contribution in [3.63, 3.8) is 0 Å². The number of hydrogen-bond acceptors (Lipinski definition) is 5. The number of halogens is 1. The van der Waals surface area contributed by atoms with E-state index in [1.54, 1.807) is 24.3 Å². The van der Waals surface area contributed by atoms with Gasteiger partial charge in [-0.1, -0.05) is 60.0 Å². The largest absolute Gasteiger partial charge is 0.495 e. The summed E-state index contributed by atoms with van der Waals surface area (Å²) in [7, 11) is -2.56. The summed E-state index contributed by atoms with van der Waals surface area (Å²) in [6.45, 7) is 4.90. The van der Waals surface area contributed by atoms with Gasteiger partial charge in [-0.2, -0.15) is 0 Å². The first kappa shape index (κ1) is 28.0. The van der Waals surface area contributed by atoms with Crippen molar-refractivity contribution in [3.8, 4) is 5.75 Å². The topological polar surface area (TPSA) is 79.0 Å². The lowest BCUT2D eigenvalue weighted by atomic mass is 10.1. The van der Waals surface area contributed by atoms with E-state index in [1.807, 2.05) is 19.1 Å². The first-order chi connectivity index (χ1) is 18.3. The zero-order valence-corrected chi connectivity index (χ0v) is 23.4. The molecule has 0 bridgehead atoms. The summed E-state index contributed by atoms with van der Waals surface area (Å²) in [4.78, 5) is 15.6. The van der Waals surface area contributed by atoms with E-state index in [9.17, 15) is 13.2 Å². The predicted octanol–water partition coefficient (Wildman–Crippen LogP) is 5.15. The zero-order valence-electron chi connectivity index (χ0n) is 21.8. The number of rotatable bonds is 10. The number of aryl methyl sites for hydroxylation is 1. The summed E-state index contributed by atoms with van der Waals surface area (Å²) >= 11 is 6.30. The summed E-state index contributed by atoms with van der Waals surface area (Å²) in [5.41, 5.74) is 3.38. The van der Waals surface area contributed by atoms with Crippen LogP contribution < -0.4 is 14.4 Å². The Kier molecular flexibility index (Phi) is 9.31. The Morgan fingerprint density at radius 3 is 2.39 bits per heavy atom. The number of methoxy groups -OCH3 is 1. The molecule has 1 fully saturated rings. The second kappa shape index (κ2) is 12.7. The third-order valence-electron chi connectivity index (χ3n) is 6.66. The molecule has 1 saturated heterocycles. The lowest BCUT2D eigenvalue weighted by Crippen LogP contribution is -2.40. The van der Waals surface area contributed by atoms with E-state index in [4.69, 9.17) is 16.3 Å². The van der Waals surface area contributed by atoms with Crippen molar-refractivity contribution < 1.29 is 17.9 Å². The minimum absolute atomic E-state index is 0.0910. The number of benzene rings is 3. The quantitative estimate of drug-likeness (QED) is 0.374. The van der Waals surface area contributed by atoms with Crippen LogP contribution in [0.25, 0.3) is 0 Å². The first-order valence-corrected chi connectivity index (χ1v) is 14.6. The number of amides is 1. The third kappa shape index (κ3) is 7.07. The van der Waals surface area contributed by atoms with Crippen molar-refractivity contribution in [2.45, 2.75) is 44.2 Å². The lowest BCUT2D eigenvalue weighted by Gasteiger charge is -2.26. The number of carbonyl (C=O) groups is 1. The Morgan fingerprint density at radius 1 is 1.00 bits per heavy atom. The average Bonchev–Trinajstić information content (AvgIpc) is 2.91. The molecule has 1 N–H and O–H groups in total. The maximum absolute atomic E-state index is 13.6. The molecule has 1 aliphatic rings. The zero-order chi connectivity index (χ0) is 27.1. The summed E-state index contributed by atoms with van der Waals surface area (Å²) in [5, 5.41) is 3.13. The Hall–Kier alpha value is -3.07. The number of nitrogens with one attached hydrogen (secondary N) is 1. The SMILES string of the molecule is COc1ccc(N(CC(=O)NCc2cccc(CN3CCCCC3)c2)S(=O)(=O)c2ccc(C)cc2)cc1Cl. The van der Waals surface area contributed by atoms with Crippen LogP contribution in [0.2, 0.25) is 5.02 Å². The lowest BCUT2D eigenvalue weighted by molar-refractivity contribution is -0.119. The van der Waals surface area contributed by atoms with E-state index in [2.05, 4.69) is 22.3 Å². The van der Waals surface area contributed by atoms with Gasteiger partial charge in [-0.25, -0.2) is 8.42 Å². The second-order valence-corrected chi connectivity index (χ2v) is 11.8. The Morgan fingerprint density at radius 2 is 1.71 bits per heavy atom. The Labute approximate surface area is 230 Å². The molecule has 7 nitrogen and oxygen atoms in total. The minimum Gasteiger partial charge on any atom is -0.495 e. The maximum Gasteiger partial charge on any atom is 0.264 e. The number of likely N-dealkylation sites (tertiary alicyclic amines) is 1. The van der Waals surface area contributed by atoms with Crippen LogP contribution >= 0.6 is 11.6 Å². The van der Waals surface area contributed by atoms with Crippen molar-refractivity contribution in [3.05, 3.63) is 88.4 Å². The number of piperidine rings is 1. The van der Waals surface area contributed by atoms with Gasteiger partial charge >= 0.3 is 0 Å². The fourth-order valence-corrected chi connectivity index (χ4v) is 6.23. The molecule has 0 radical (unpaired) electrons. The van der Waals surface area contributed by atoms with Crippen LogP contribution in [0.3, 0.4) is 0 Å². The molecule has 0 atom stereocenters. The van der Waals surface area contributed by atoms with Crippen LogP contribution in [0.15, 0.2) is 71.6 Å². The molecule has 38 heavy (non-hydrogen) atoms. The van der Waals surface area contributed by atoms with Gasteiger partial charge < -0.3 is 10.1 Å². The van der Waals surface area contributed by atoms with Gasteiger partial charge in [-0.05, 0) is 74.3 Å². The molecule has 0 saturated carbocycles. The van der Waals surface area contributed by atoms with Crippen LogP contribution in [0.1, 0.15) is 36.0 Å². The van der Waals surface area contributed by atoms with Gasteiger partial charge in [0.2, 0.25) is 5.91 Å². The number of hydrogen-bond donors (Lipinski definition) is 1. The normalized spacial score (nSPS) is 14.2. The van der Waals surface area contributed by atoms with Crippen molar-refractivity contribution in [1.29, 1.82) is 0 Å². The van der Waals surface area contributed by atoms with Crippen LogP contribution in [-0.2, 0) is 27.9 Å². The molecule has 1 amide bonds. The van der Waals surface area contributed by atoms with Gasteiger partial charge in [-0.15, -0.1) is 0 Å². The number of ether oxygens (including phenoxy) is 1. The van der Waals surface area contributed by atoms with Crippen molar-refractivity contribution in [1.82, 2.24) is 10.2 Å². The van der Waals surface area contributed by atoms with Crippen molar-refractivity contribution in [2.24, 2.45) is 0 Å². The molecule has 4 rings (SSSR count). The summed E-state index contributed by atoms with van der Waals surface area (Å²) < 4.78 is 33.5. The van der Waals surface area contributed by atoms with Crippen LogP contribution in [-0.4, -0.2) is 46.0 Å². The fraction of sp³-hybridized carbons (Fsp3) is 0.345. The molecule has 1 aliphatic heterocycles. The van der Waals surface area contributed by atoms with E-state index in [0.717, 1.165) is 35.1 Å². The molecular weight excluding hydrogens is 522 g/mol. The maximum atomic E-state index is 13.6. The van der Waals surface area contributed by atoms with E-state index in [1.165, 1.54) is 50.1 Å². The third-order valence-corrected chi connectivity index (χ3v) is 8.74. The van der Waals surface area contributed by atoms with E-state index >= 15 is 0 Å².